The van der Waals surface area contributed by atoms with Crippen molar-refractivity contribution in [3.63, 3.8) is 0 Å². The molecule has 2 aromatic carbocycles. The summed E-state index contributed by atoms with van der Waals surface area (Å²) >= 11 is 0. The number of nitrogens with one attached hydrogen (secondary N) is 1. The van der Waals surface area contributed by atoms with Crippen LogP contribution in [0.25, 0.3) is 10.9 Å². The van der Waals surface area contributed by atoms with Crippen molar-refractivity contribution in [2.45, 2.75) is 13.0 Å². The minimum atomic E-state index is -0.735. The fourth-order valence-corrected chi connectivity index (χ4v) is 3.40. The number of fused-ring (bicyclic) bond motifs is 1. The maximum absolute atomic E-state index is 15.2. The van der Waals surface area contributed by atoms with Gasteiger partial charge in [-0.1, -0.05) is 30.3 Å². The van der Waals surface area contributed by atoms with Crippen molar-refractivity contribution in [3.8, 4) is 0 Å². The second-order valence-corrected chi connectivity index (χ2v) is 6.49. The van der Waals surface area contributed by atoms with Crippen molar-refractivity contribution in [2.75, 3.05) is 6.61 Å². The fraction of sp³-hybridized carbons (Fsp3) is 0.136. The van der Waals surface area contributed by atoms with Crippen LogP contribution in [0.15, 0.2) is 72.2 Å². The van der Waals surface area contributed by atoms with Gasteiger partial charge >= 0.3 is 5.97 Å². The summed E-state index contributed by atoms with van der Waals surface area (Å²) in [6.45, 7) is 1.80. The predicted octanol–water partition coefficient (Wildman–Crippen LogP) is 3.68. The van der Waals surface area contributed by atoms with Crippen LogP contribution >= 0.6 is 0 Å². The van der Waals surface area contributed by atoms with Crippen LogP contribution in [0.2, 0.25) is 0 Å². The summed E-state index contributed by atoms with van der Waals surface area (Å²) in [5.41, 5.74) is 0.957. The van der Waals surface area contributed by atoms with Crippen LogP contribution in [0.3, 0.4) is 0 Å². The first-order valence-electron chi connectivity index (χ1n) is 9.14. The smallest absolute Gasteiger partial charge is 0.343 e. The number of esters is 1. The van der Waals surface area contributed by atoms with E-state index in [-0.39, 0.29) is 17.6 Å². The molecule has 2 aromatic heterocycles. The Morgan fingerprint density at radius 1 is 1.28 bits per heavy atom. The molecule has 0 aliphatic heterocycles. The minimum Gasteiger partial charge on any atom is -0.462 e. The number of pyridine rings is 1. The number of imidazole rings is 1. The van der Waals surface area contributed by atoms with E-state index in [4.69, 9.17) is 4.74 Å². The molecule has 6 nitrogen and oxygen atoms in total. The van der Waals surface area contributed by atoms with E-state index in [2.05, 4.69) is 9.97 Å². The van der Waals surface area contributed by atoms with E-state index >= 15 is 4.39 Å². The first-order chi connectivity index (χ1) is 14.1. The molecule has 0 aliphatic rings. The monoisotopic (exact) mass is 391 g/mol. The summed E-state index contributed by atoms with van der Waals surface area (Å²) in [6.07, 6.45) is 6.31. The molecule has 1 unspecified atom stereocenters. The molecule has 4 rings (SSSR count). The molecular weight excluding hydrogens is 373 g/mol. The second kappa shape index (κ2) is 7.71. The number of H-pyrrole nitrogens is 1. The van der Waals surface area contributed by atoms with E-state index in [0.29, 0.717) is 11.1 Å². The van der Waals surface area contributed by atoms with Gasteiger partial charge in [0.2, 0.25) is 5.43 Å². The molecule has 0 spiro atoms. The zero-order valence-corrected chi connectivity index (χ0v) is 15.6. The quantitative estimate of drug-likeness (QED) is 0.527. The Morgan fingerprint density at radius 2 is 2.07 bits per heavy atom. The van der Waals surface area contributed by atoms with Crippen molar-refractivity contribution in [1.82, 2.24) is 14.5 Å². The van der Waals surface area contributed by atoms with Gasteiger partial charge in [0.15, 0.2) is 0 Å². The molecule has 0 bridgehead atoms. The van der Waals surface area contributed by atoms with Crippen LogP contribution in [-0.2, 0) is 4.74 Å². The Labute approximate surface area is 165 Å². The average Bonchev–Trinajstić information content (AvgIpc) is 3.25. The molecule has 0 amide bonds. The third-order valence-corrected chi connectivity index (χ3v) is 4.73. The Hall–Kier alpha value is -3.74. The van der Waals surface area contributed by atoms with E-state index < -0.39 is 23.3 Å². The normalized spacial score (nSPS) is 12.1. The topological polar surface area (TPSA) is 77.0 Å². The highest BCUT2D eigenvalue weighted by molar-refractivity contribution is 5.93. The number of carbonyl (C=O) groups excluding carboxylic acids is 1. The van der Waals surface area contributed by atoms with Gasteiger partial charge in [0.1, 0.15) is 11.4 Å². The van der Waals surface area contributed by atoms with E-state index in [9.17, 15) is 9.59 Å². The lowest BCUT2D eigenvalue weighted by molar-refractivity contribution is 0.0524. The van der Waals surface area contributed by atoms with E-state index in [1.54, 1.807) is 36.3 Å². The van der Waals surface area contributed by atoms with Gasteiger partial charge in [-0.15, -0.1) is 0 Å². The number of benzene rings is 2. The summed E-state index contributed by atoms with van der Waals surface area (Å²) in [4.78, 5) is 31.6. The van der Waals surface area contributed by atoms with E-state index in [1.807, 2.05) is 30.3 Å². The number of aromatic nitrogens is 3. The molecule has 0 saturated carbocycles. The maximum Gasteiger partial charge on any atom is 0.343 e. The number of hydrogen-bond acceptors (Lipinski definition) is 4. The van der Waals surface area contributed by atoms with Crippen LogP contribution in [0.5, 0.6) is 0 Å². The Bertz CT molecular complexity index is 1220. The molecule has 2 heterocycles. The van der Waals surface area contributed by atoms with Crippen molar-refractivity contribution < 1.29 is 13.9 Å². The molecule has 7 heteroatoms. The van der Waals surface area contributed by atoms with Crippen molar-refractivity contribution in [2.24, 2.45) is 0 Å². The fourth-order valence-electron chi connectivity index (χ4n) is 3.40. The van der Waals surface area contributed by atoms with Gasteiger partial charge in [-0.25, -0.2) is 14.2 Å². The molecule has 4 aromatic rings. The molecule has 29 heavy (non-hydrogen) atoms. The summed E-state index contributed by atoms with van der Waals surface area (Å²) in [6, 6.07) is 11.8. The number of halogens is 1. The average molecular weight is 391 g/mol. The van der Waals surface area contributed by atoms with Gasteiger partial charge in [0, 0.05) is 35.1 Å². The molecule has 0 radical (unpaired) electrons. The summed E-state index contributed by atoms with van der Waals surface area (Å²) in [5.74, 6) is -1.28. The Balaban J connectivity index is 1.89. The van der Waals surface area contributed by atoms with Crippen LogP contribution < -0.4 is 5.43 Å². The molecule has 1 atom stereocenters. The lowest BCUT2D eigenvalue weighted by atomic mass is 9.96. The summed E-state index contributed by atoms with van der Waals surface area (Å²) in [7, 11) is 0. The van der Waals surface area contributed by atoms with Gasteiger partial charge in [-0.3, -0.25) is 4.79 Å². The Morgan fingerprint density at radius 3 is 2.76 bits per heavy atom. The van der Waals surface area contributed by atoms with Gasteiger partial charge in [-0.05, 0) is 24.6 Å². The third-order valence-electron chi connectivity index (χ3n) is 4.73. The SMILES string of the molecule is CCOC(=O)c1c[nH]c2cc(C(c3ccccc3)n3ccnc3)c(F)cc2c1=O. The van der Waals surface area contributed by atoms with Crippen molar-refractivity contribution in [3.05, 3.63) is 100 Å². The van der Waals surface area contributed by atoms with Gasteiger partial charge < -0.3 is 14.3 Å². The molecule has 1 N–H and O–H groups in total. The highest BCUT2D eigenvalue weighted by atomic mass is 19.1. The molecule has 0 aliphatic carbocycles. The number of aromatic amines is 1. The molecule has 146 valence electrons. The zero-order valence-electron chi connectivity index (χ0n) is 15.6. The van der Waals surface area contributed by atoms with Crippen molar-refractivity contribution >= 4 is 16.9 Å². The third kappa shape index (κ3) is 3.42. The van der Waals surface area contributed by atoms with Gasteiger partial charge in [0.05, 0.1) is 19.0 Å². The highest BCUT2D eigenvalue weighted by Crippen LogP contribution is 2.30. The minimum absolute atomic E-state index is 0.0919. The molecule has 0 saturated heterocycles. The standard InChI is InChI=1S/C22H18FN3O3/c1-2-29-22(28)17-12-25-19-11-15(18(23)10-16(19)21(17)27)20(26-9-8-24-13-26)14-6-4-3-5-7-14/h3-13,20H,2H2,1H3,(H,25,27). The first-order valence-corrected chi connectivity index (χ1v) is 9.14. The van der Waals surface area contributed by atoms with Crippen LogP contribution in [0, 0.1) is 5.82 Å². The predicted molar refractivity (Wildman–Crippen MR) is 106 cm³/mol. The number of ether oxygens (including phenoxy) is 1. The van der Waals surface area contributed by atoms with E-state index in [1.165, 1.54) is 12.3 Å². The van der Waals surface area contributed by atoms with Gasteiger partial charge in [-0.2, -0.15) is 0 Å². The van der Waals surface area contributed by atoms with E-state index in [0.717, 1.165) is 5.56 Å². The lowest BCUT2D eigenvalue weighted by Crippen LogP contribution is -2.19. The summed E-state index contributed by atoms with van der Waals surface area (Å²) < 4.78 is 21.9. The van der Waals surface area contributed by atoms with Crippen LogP contribution in [-0.4, -0.2) is 27.1 Å². The molecular formula is C22H18FN3O3. The largest absolute Gasteiger partial charge is 0.462 e. The van der Waals surface area contributed by atoms with Crippen LogP contribution in [0.1, 0.15) is 34.5 Å². The summed E-state index contributed by atoms with van der Waals surface area (Å²) in [5, 5.41) is 0.0919. The molecule has 0 fully saturated rings. The van der Waals surface area contributed by atoms with Gasteiger partial charge in [0.25, 0.3) is 0 Å². The number of rotatable bonds is 5. The highest BCUT2D eigenvalue weighted by Gasteiger charge is 2.22. The number of carbonyl (C=O) groups is 1. The van der Waals surface area contributed by atoms with Crippen molar-refractivity contribution in [1.29, 1.82) is 0 Å². The number of hydrogen-bond donors (Lipinski definition) is 1. The number of nitrogens with zero attached hydrogens (tertiary/aromatic N) is 2. The van der Waals surface area contributed by atoms with Crippen LogP contribution in [0.4, 0.5) is 4.39 Å². The second-order valence-electron chi connectivity index (χ2n) is 6.49. The lowest BCUT2D eigenvalue weighted by Gasteiger charge is -2.21. The Kier molecular flexibility index (Phi) is 4.95. The zero-order chi connectivity index (χ0) is 20.4. The first kappa shape index (κ1) is 18.6. The maximum atomic E-state index is 15.2.